The lowest BCUT2D eigenvalue weighted by Crippen LogP contribution is -2.73. The molecule has 1 aliphatic heterocycles. The molecule has 0 saturated carbocycles. The summed E-state index contributed by atoms with van der Waals surface area (Å²) in [5.41, 5.74) is 0.939. The minimum atomic E-state index is -1.93. The average molecular weight is 466 g/mol. The zero-order chi connectivity index (χ0) is 18.8. The monoisotopic (exact) mass is 465 g/mol. The summed E-state index contributed by atoms with van der Waals surface area (Å²) in [6, 6.07) is 0. The molecule has 0 amide bonds. The van der Waals surface area contributed by atoms with Gasteiger partial charge in [-0.25, -0.2) is 0 Å². The van der Waals surface area contributed by atoms with Gasteiger partial charge in [0, 0.05) is 23.5 Å². The first-order valence-corrected chi connectivity index (χ1v) is 14.7. The van der Waals surface area contributed by atoms with Crippen molar-refractivity contribution in [3.05, 3.63) is 12.4 Å². The van der Waals surface area contributed by atoms with Crippen LogP contribution in [0.5, 0.6) is 0 Å². The van der Waals surface area contributed by atoms with E-state index in [0.717, 1.165) is 0 Å². The molecule has 0 radical (unpaired) electrons. The Morgan fingerprint density at radius 1 is 0.875 bits per heavy atom. The van der Waals surface area contributed by atoms with Gasteiger partial charge in [-0.2, -0.15) is 0 Å². The number of hydrogen-bond donors (Lipinski definition) is 0. The van der Waals surface area contributed by atoms with Crippen LogP contribution in [0, 0.1) is 0 Å². The highest BCUT2D eigenvalue weighted by Crippen LogP contribution is 2.44. The molecule has 0 N–H and O–H groups in total. The second-order valence-corrected chi connectivity index (χ2v) is 16.6. The number of hydrogen-bond acceptors (Lipinski definition) is 3. The van der Waals surface area contributed by atoms with Crippen molar-refractivity contribution >= 4 is 27.7 Å². The zero-order valence-electron chi connectivity index (χ0n) is 17.5. The van der Waals surface area contributed by atoms with Gasteiger partial charge in [-0.15, -0.1) is 0 Å². The van der Waals surface area contributed by atoms with Gasteiger partial charge in [-0.1, -0.05) is 42.6 Å². The van der Waals surface area contributed by atoms with Crippen LogP contribution in [0.2, 0.25) is 0 Å². The zero-order valence-corrected chi connectivity index (χ0v) is 20.6. The Bertz CT molecular complexity index is 395. The Morgan fingerprint density at radius 3 is 1.50 bits per heavy atom. The van der Waals surface area contributed by atoms with Crippen LogP contribution < -0.4 is 0 Å². The molecule has 0 spiro atoms. The Morgan fingerprint density at radius 2 is 1.25 bits per heavy atom. The first-order chi connectivity index (χ1) is 10.9. The van der Waals surface area contributed by atoms with Crippen LogP contribution in [-0.2, 0) is 0 Å². The Balaban J connectivity index is 3.39. The number of halogens is 1. The molecule has 0 aliphatic carbocycles. The van der Waals surface area contributed by atoms with Crippen LogP contribution >= 0.6 is 21.8 Å². The van der Waals surface area contributed by atoms with E-state index in [2.05, 4.69) is 111 Å². The maximum Gasteiger partial charge on any atom is 0.350 e. The third-order valence-corrected chi connectivity index (χ3v) is 14.6. The smallest absolute Gasteiger partial charge is 0.350 e. The molecule has 3 nitrogen and oxygen atoms in total. The molecule has 0 bridgehead atoms. The molecule has 0 fully saturated rings. The van der Waals surface area contributed by atoms with Crippen molar-refractivity contribution < 1.29 is 0 Å². The van der Waals surface area contributed by atoms with Crippen molar-refractivity contribution in [1.82, 2.24) is 14.0 Å². The van der Waals surface area contributed by atoms with E-state index in [-0.39, 0.29) is 11.1 Å². The predicted octanol–water partition coefficient (Wildman–Crippen LogP) is 5.49. The summed E-state index contributed by atoms with van der Waals surface area (Å²) in [6.07, 6.45) is 8.44. The number of nitrogens with zero attached hydrogens (tertiary/aromatic N) is 3. The second kappa shape index (κ2) is 8.29. The summed E-state index contributed by atoms with van der Waals surface area (Å²) in [5, 5.41) is 0. The van der Waals surface area contributed by atoms with Crippen LogP contribution in [0.25, 0.3) is 0 Å². The van der Waals surface area contributed by atoms with Crippen LogP contribution in [0.3, 0.4) is 0 Å². The van der Waals surface area contributed by atoms with Crippen molar-refractivity contribution in [3.8, 4) is 0 Å². The lowest BCUT2D eigenvalue weighted by Gasteiger charge is -2.55. The van der Waals surface area contributed by atoms with Crippen molar-refractivity contribution in [2.45, 2.75) is 98.3 Å². The highest BCUT2D eigenvalue weighted by atomic mass is 127. The standard InChI is InChI=1S/C19H40IN3Si/c1-10-13-21(14-11-2)17(12-3)24(20)22(18(4,5)6)15-16-23(24)19(7,8)9/h15-17H,10-14H2,1-9H3. The predicted molar refractivity (Wildman–Crippen MR) is 118 cm³/mol. The first kappa shape index (κ1) is 22.3. The average Bonchev–Trinajstić information content (AvgIpc) is 2.78. The van der Waals surface area contributed by atoms with E-state index in [1.807, 2.05) is 0 Å². The maximum atomic E-state index is 2.88. The molecule has 24 heavy (non-hydrogen) atoms. The molecule has 5 heteroatoms. The summed E-state index contributed by atoms with van der Waals surface area (Å²) in [7, 11) is 0. The second-order valence-electron chi connectivity index (χ2n) is 8.98. The van der Waals surface area contributed by atoms with E-state index in [4.69, 9.17) is 0 Å². The summed E-state index contributed by atoms with van der Waals surface area (Å²) in [5.74, 6) is -1.93. The van der Waals surface area contributed by atoms with Gasteiger partial charge in [-0.05, 0) is 73.9 Å². The van der Waals surface area contributed by atoms with Gasteiger partial charge in [-0.3, -0.25) is 4.90 Å². The Kier molecular flexibility index (Phi) is 7.70. The molecular formula is C19H40IN3Si. The third-order valence-electron chi connectivity index (χ3n) is 4.76. The topological polar surface area (TPSA) is 9.72 Å². The van der Waals surface area contributed by atoms with E-state index in [1.165, 1.54) is 32.4 Å². The quantitative estimate of drug-likeness (QED) is 0.280. The van der Waals surface area contributed by atoms with Crippen LogP contribution in [0.4, 0.5) is 0 Å². The van der Waals surface area contributed by atoms with Crippen LogP contribution in [-0.4, -0.2) is 49.8 Å². The Labute approximate surface area is 165 Å². The molecule has 1 rings (SSSR count). The fraction of sp³-hybridized carbons (Fsp3) is 0.895. The summed E-state index contributed by atoms with van der Waals surface area (Å²) in [4.78, 5) is 2.78. The molecule has 0 aromatic rings. The van der Waals surface area contributed by atoms with E-state index in [0.29, 0.717) is 5.67 Å². The van der Waals surface area contributed by atoms with Gasteiger partial charge >= 0.3 is 5.89 Å². The van der Waals surface area contributed by atoms with Crippen LogP contribution in [0.1, 0.15) is 81.6 Å². The van der Waals surface area contributed by atoms with Crippen molar-refractivity contribution in [2.24, 2.45) is 0 Å². The molecule has 0 aromatic heterocycles. The lowest BCUT2D eigenvalue weighted by atomic mass is 10.1. The van der Waals surface area contributed by atoms with Gasteiger partial charge in [0.05, 0.1) is 5.67 Å². The van der Waals surface area contributed by atoms with E-state index >= 15 is 0 Å². The maximum absolute atomic E-state index is 2.88. The molecule has 0 saturated heterocycles. The Hall–Kier alpha value is 0.247. The van der Waals surface area contributed by atoms with Gasteiger partial charge in [0.15, 0.2) is 0 Å². The molecule has 1 aliphatic rings. The van der Waals surface area contributed by atoms with Crippen molar-refractivity contribution in [1.29, 1.82) is 0 Å². The summed E-state index contributed by atoms with van der Waals surface area (Å²) >= 11 is 2.88. The lowest BCUT2D eigenvalue weighted by molar-refractivity contribution is 0.196. The van der Waals surface area contributed by atoms with Gasteiger partial charge < -0.3 is 9.13 Å². The summed E-state index contributed by atoms with van der Waals surface area (Å²) < 4.78 is 5.44. The molecule has 1 atom stereocenters. The van der Waals surface area contributed by atoms with Crippen LogP contribution in [0.15, 0.2) is 12.4 Å². The molecule has 142 valence electrons. The van der Waals surface area contributed by atoms with E-state index in [9.17, 15) is 0 Å². The largest absolute Gasteiger partial charge is 0.372 e. The molecule has 0 aromatic carbocycles. The highest BCUT2D eigenvalue weighted by molar-refractivity contribution is 14.1. The molecule has 1 heterocycles. The number of rotatable bonds is 7. The van der Waals surface area contributed by atoms with Gasteiger partial charge in [0.2, 0.25) is 0 Å². The van der Waals surface area contributed by atoms with Crippen molar-refractivity contribution in [2.75, 3.05) is 13.1 Å². The third kappa shape index (κ3) is 4.50. The van der Waals surface area contributed by atoms with E-state index < -0.39 is 5.89 Å². The SMILES string of the molecule is CCCN(CCC)C(CC)[Si]1(I)N(C(C)(C)C)C=CN1C(C)(C)C. The van der Waals surface area contributed by atoms with Crippen molar-refractivity contribution in [3.63, 3.8) is 0 Å². The highest BCUT2D eigenvalue weighted by Gasteiger charge is 2.58. The minimum Gasteiger partial charge on any atom is -0.372 e. The molecule has 1 unspecified atom stereocenters. The normalized spacial score (nSPS) is 19.5. The summed E-state index contributed by atoms with van der Waals surface area (Å²) in [6.45, 7) is 23.6. The first-order valence-electron chi connectivity index (χ1n) is 9.64. The van der Waals surface area contributed by atoms with E-state index in [1.54, 1.807) is 0 Å². The van der Waals surface area contributed by atoms with Gasteiger partial charge in [0.25, 0.3) is 0 Å². The fourth-order valence-corrected chi connectivity index (χ4v) is 16.3. The fourth-order valence-electron chi connectivity index (χ4n) is 3.92. The minimum absolute atomic E-state index is 0.154. The molecular weight excluding hydrogens is 425 g/mol. The van der Waals surface area contributed by atoms with Gasteiger partial charge in [0.1, 0.15) is 0 Å².